The molecule has 0 bridgehead atoms. The molecule has 0 saturated carbocycles. The molecule has 0 amide bonds. The minimum Gasteiger partial charge on any atom is -0.497 e. The molecule has 0 aliphatic heterocycles. The molecule has 5 rings (SSSR count). The van der Waals surface area contributed by atoms with Gasteiger partial charge in [0.15, 0.2) is 5.65 Å². The summed E-state index contributed by atoms with van der Waals surface area (Å²) in [5.74, 6) is 0.0153. The third-order valence-corrected chi connectivity index (χ3v) is 6.04. The van der Waals surface area contributed by atoms with Gasteiger partial charge in [0.25, 0.3) is 0 Å². The van der Waals surface area contributed by atoms with Gasteiger partial charge in [0, 0.05) is 29.7 Å². The number of fused-ring (bicyclic) bond motifs is 1. The molecule has 0 fully saturated rings. The molecule has 36 heavy (non-hydrogen) atoms. The van der Waals surface area contributed by atoms with Crippen molar-refractivity contribution in [1.29, 1.82) is 0 Å². The highest BCUT2D eigenvalue weighted by Crippen LogP contribution is 2.38. The van der Waals surface area contributed by atoms with Crippen LogP contribution in [0.15, 0.2) is 61.1 Å². The van der Waals surface area contributed by atoms with Crippen LogP contribution in [-0.2, 0) is 0 Å². The molecule has 0 saturated heterocycles. The highest BCUT2D eigenvalue weighted by atomic mass is 16.5. The molecule has 2 N–H and O–H groups in total. The summed E-state index contributed by atoms with van der Waals surface area (Å²) in [6.07, 6.45) is 4.95. The number of aromatic nitrogens is 5. The average Bonchev–Trinajstić information content (AvgIpc) is 3.20. The third kappa shape index (κ3) is 4.00. The number of benzene rings is 2. The van der Waals surface area contributed by atoms with E-state index in [2.05, 4.69) is 20.3 Å². The van der Waals surface area contributed by atoms with Gasteiger partial charge in [0.05, 0.1) is 29.7 Å². The van der Waals surface area contributed by atoms with Crippen molar-refractivity contribution in [3.63, 3.8) is 0 Å². The Labute approximate surface area is 207 Å². The lowest BCUT2D eigenvalue weighted by atomic mass is 10.0. The fourth-order valence-electron chi connectivity index (χ4n) is 4.28. The number of carboxylic acid groups (broad SMARTS) is 1. The highest BCUT2D eigenvalue weighted by Gasteiger charge is 2.23. The Kier molecular flexibility index (Phi) is 5.81. The van der Waals surface area contributed by atoms with Gasteiger partial charge in [-0.1, -0.05) is 18.2 Å². The minimum absolute atomic E-state index is 0.0930. The first-order valence-electron chi connectivity index (χ1n) is 11.3. The number of carboxylic acids is 1. The number of aromatic carboxylic acids is 1. The van der Waals surface area contributed by atoms with Crippen molar-refractivity contribution in [1.82, 2.24) is 24.7 Å². The largest absolute Gasteiger partial charge is 0.497 e. The molecule has 0 aliphatic rings. The van der Waals surface area contributed by atoms with Gasteiger partial charge in [-0.3, -0.25) is 4.98 Å². The van der Waals surface area contributed by atoms with Gasteiger partial charge in [-0.05, 0) is 56.2 Å². The second kappa shape index (κ2) is 9.10. The summed E-state index contributed by atoms with van der Waals surface area (Å²) in [7, 11) is 1.51. The van der Waals surface area contributed by atoms with Crippen molar-refractivity contribution in [3.05, 3.63) is 83.4 Å². The smallest absolute Gasteiger partial charge is 0.337 e. The zero-order chi connectivity index (χ0) is 25.4. The normalized spacial score (nSPS) is 11.0. The summed E-state index contributed by atoms with van der Waals surface area (Å²) in [5, 5.41) is 18.2. The third-order valence-electron chi connectivity index (χ3n) is 6.04. The predicted molar refractivity (Wildman–Crippen MR) is 137 cm³/mol. The molecular weight excluding hydrogens is 456 g/mol. The molecule has 0 spiro atoms. The molecule has 0 unspecified atom stereocenters. The summed E-state index contributed by atoms with van der Waals surface area (Å²) < 4.78 is 7.11. The van der Waals surface area contributed by atoms with Gasteiger partial charge >= 0.3 is 5.97 Å². The average molecular weight is 481 g/mol. The Hall–Kier alpha value is -4.79. The molecule has 5 aromatic rings. The van der Waals surface area contributed by atoms with Crippen molar-refractivity contribution in [2.45, 2.75) is 20.8 Å². The monoisotopic (exact) mass is 480 g/mol. The molecule has 180 valence electrons. The van der Waals surface area contributed by atoms with Crippen LogP contribution >= 0.6 is 0 Å². The minimum atomic E-state index is -1.07. The zero-order valence-corrected chi connectivity index (χ0v) is 20.3. The van der Waals surface area contributed by atoms with Gasteiger partial charge < -0.3 is 15.2 Å². The van der Waals surface area contributed by atoms with Crippen LogP contribution in [0.5, 0.6) is 5.75 Å². The van der Waals surface area contributed by atoms with E-state index >= 15 is 0 Å². The van der Waals surface area contributed by atoms with E-state index in [0.29, 0.717) is 28.4 Å². The second-order valence-electron chi connectivity index (χ2n) is 8.43. The number of rotatable bonds is 6. The first-order valence-corrected chi connectivity index (χ1v) is 11.3. The highest BCUT2D eigenvalue weighted by molar-refractivity contribution is 5.98. The fraction of sp³-hybridized carbons (Fsp3) is 0.148. The Bertz CT molecular complexity index is 1630. The Balaban J connectivity index is 1.77. The molecular formula is C27H24N6O3. The van der Waals surface area contributed by atoms with Crippen LogP contribution in [0.4, 0.5) is 11.5 Å². The fourth-order valence-corrected chi connectivity index (χ4v) is 4.28. The van der Waals surface area contributed by atoms with Gasteiger partial charge in [0.1, 0.15) is 17.1 Å². The van der Waals surface area contributed by atoms with E-state index in [1.54, 1.807) is 29.3 Å². The molecule has 0 atom stereocenters. The Morgan fingerprint density at radius 2 is 1.78 bits per heavy atom. The summed E-state index contributed by atoms with van der Waals surface area (Å²) in [6, 6.07) is 13.1. The maximum absolute atomic E-state index is 12.2. The zero-order valence-electron chi connectivity index (χ0n) is 20.3. The molecule has 9 nitrogen and oxygen atoms in total. The summed E-state index contributed by atoms with van der Waals surface area (Å²) >= 11 is 0. The van der Waals surface area contributed by atoms with Crippen molar-refractivity contribution >= 4 is 28.6 Å². The lowest BCUT2D eigenvalue weighted by Crippen LogP contribution is -2.10. The van der Waals surface area contributed by atoms with Gasteiger partial charge in [-0.25, -0.2) is 19.4 Å². The maximum Gasteiger partial charge on any atom is 0.337 e. The number of ether oxygens (including phenoxy) is 1. The second-order valence-corrected chi connectivity index (χ2v) is 8.43. The molecule has 0 aliphatic carbocycles. The van der Waals surface area contributed by atoms with Crippen molar-refractivity contribution in [2.24, 2.45) is 0 Å². The van der Waals surface area contributed by atoms with E-state index in [-0.39, 0.29) is 5.56 Å². The van der Waals surface area contributed by atoms with Gasteiger partial charge in [-0.2, -0.15) is 5.10 Å². The standard InChI is InChI=1S/C27H24N6O3/c1-15-7-5-6-8-22(15)33-26(31-24-16(2)11-19(36-4)13-20(24)27(34)35)23(17(3)32-33)18-12-21-25(30-14-18)29-10-9-28-21/h5-14,31H,1-4H3,(H,34,35). The summed E-state index contributed by atoms with van der Waals surface area (Å²) in [4.78, 5) is 25.3. The number of carbonyl (C=O) groups is 1. The van der Waals surface area contributed by atoms with Gasteiger partial charge in [-0.15, -0.1) is 0 Å². The molecule has 3 aromatic heterocycles. The first kappa shape index (κ1) is 23.0. The van der Waals surface area contributed by atoms with Crippen LogP contribution in [-0.4, -0.2) is 42.9 Å². The van der Waals surface area contributed by atoms with Crippen molar-refractivity contribution in [3.8, 4) is 22.6 Å². The number of aryl methyl sites for hydroxylation is 3. The van der Waals surface area contributed by atoms with Crippen LogP contribution in [0.1, 0.15) is 27.2 Å². The van der Waals surface area contributed by atoms with E-state index in [9.17, 15) is 9.90 Å². The number of methoxy groups -OCH3 is 1. The number of hydrogen-bond donors (Lipinski definition) is 2. The summed E-state index contributed by atoms with van der Waals surface area (Å²) in [6.45, 7) is 5.75. The van der Waals surface area contributed by atoms with E-state index < -0.39 is 5.97 Å². The van der Waals surface area contributed by atoms with E-state index in [4.69, 9.17) is 9.84 Å². The van der Waals surface area contributed by atoms with Crippen molar-refractivity contribution < 1.29 is 14.6 Å². The quantitative estimate of drug-likeness (QED) is 0.338. The topological polar surface area (TPSA) is 115 Å². The van der Waals surface area contributed by atoms with Crippen LogP contribution < -0.4 is 10.1 Å². The van der Waals surface area contributed by atoms with Gasteiger partial charge in [0.2, 0.25) is 0 Å². The van der Waals surface area contributed by atoms with Crippen LogP contribution in [0, 0.1) is 20.8 Å². The molecule has 2 aromatic carbocycles. The lowest BCUT2D eigenvalue weighted by molar-refractivity contribution is 0.0697. The number of pyridine rings is 1. The van der Waals surface area contributed by atoms with E-state index in [1.807, 2.05) is 51.1 Å². The predicted octanol–water partition coefficient (Wildman–Crippen LogP) is 5.25. The summed E-state index contributed by atoms with van der Waals surface area (Å²) in [5.41, 5.74) is 6.64. The number of nitrogens with one attached hydrogen (secondary N) is 1. The lowest BCUT2D eigenvalue weighted by Gasteiger charge is -2.18. The van der Waals surface area contributed by atoms with Crippen molar-refractivity contribution in [2.75, 3.05) is 12.4 Å². The Morgan fingerprint density at radius 3 is 2.53 bits per heavy atom. The number of anilines is 2. The number of nitrogens with zero attached hydrogens (tertiary/aromatic N) is 5. The number of para-hydroxylation sites is 1. The molecule has 9 heteroatoms. The van der Waals surface area contributed by atoms with E-state index in [1.165, 1.54) is 13.2 Å². The van der Waals surface area contributed by atoms with Crippen LogP contribution in [0.2, 0.25) is 0 Å². The first-order chi connectivity index (χ1) is 17.4. The van der Waals surface area contributed by atoms with Crippen LogP contribution in [0.3, 0.4) is 0 Å². The SMILES string of the molecule is COc1cc(C)c(Nc2c(-c3cnc4nccnc4c3)c(C)nn2-c2ccccc2C)c(C(=O)O)c1. The van der Waals surface area contributed by atoms with E-state index in [0.717, 1.165) is 33.6 Å². The Morgan fingerprint density at radius 1 is 1.00 bits per heavy atom. The maximum atomic E-state index is 12.2. The molecule has 3 heterocycles. The molecule has 0 radical (unpaired) electrons. The van der Waals surface area contributed by atoms with Crippen LogP contribution in [0.25, 0.3) is 28.0 Å². The number of hydrogen-bond acceptors (Lipinski definition) is 7.